The van der Waals surface area contributed by atoms with Crippen LogP contribution in [-0.4, -0.2) is 33.0 Å². The highest BCUT2D eigenvalue weighted by molar-refractivity contribution is 5.96. The molecular weight excluding hydrogens is 378 g/mol. The van der Waals surface area contributed by atoms with E-state index in [2.05, 4.69) is 27.0 Å². The quantitative estimate of drug-likeness (QED) is 0.461. The van der Waals surface area contributed by atoms with Gasteiger partial charge in [-0.3, -0.25) is 19.6 Å². The third kappa shape index (κ3) is 3.88. The number of primary amides is 1. The first-order chi connectivity index (χ1) is 14.4. The highest BCUT2D eigenvalue weighted by Crippen LogP contribution is 2.24. The van der Waals surface area contributed by atoms with Crippen LogP contribution in [0.15, 0.2) is 65.5 Å². The van der Waals surface area contributed by atoms with Crippen molar-refractivity contribution in [3.05, 3.63) is 87.8 Å². The van der Waals surface area contributed by atoms with Crippen LogP contribution in [0.4, 0.5) is 0 Å². The van der Waals surface area contributed by atoms with E-state index in [1.165, 1.54) is 6.07 Å². The van der Waals surface area contributed by atoms with Crippen LogP contribution < -0.4 is 11.2 Å². The van der Waals surface area contributed by atoms with Gasteiger partial charge in [0.2, 0.25) is 5.91 Å². The van der Waals surface area contributed by atoms with E-state index in [4.69, 9.17) is 5.73 Å². The number of nitrogens with one attached hydrogen (secondary N) is 2. The van der Waals surface area contributed by atoms with Gasteiger partial charge in [-0.2, -0.15) is 5.10 Å². The van der Waals surface area contributed by atoms with E-state index in [1.54, 1.807) is 18.2 Å². The lowest BCUT2D eigenvalue weighted by Crippen LogP contribution is -2.23. The number of rotatable bonds is 6. The molecule has 1 amide bonds. The lowest BCUT2D eigenvalue weighted by atomic mass is 10.1. The summed E-state index contributed by atoms with van der Waals surface area (Å²) < 4.78 is 0. The Morgan fingerprint density at radius 1 is 1.13 bits per heavy atom. The minimum absolute atomic E-state index is 0.0615. The van der Waals surface area contributed by atoms with Gasteiger partial charge >= 0.3 is 0 Å². The number of nitrogens with zero attached hydrogens (tertiary/aromatic N) is 2. The molecule has 0 aliphatic rings. The first-order valence-electron chi connectivity index (χ1n) is 9.69. The van der Waals surface area contributed by atoms with Gasteiger partial charge in [-0.1, -0.05) is 30.3 Å². The zero-order valence-electron chi connectivity index (χ0n) is 16.8. The van der Waals surface area contributed by atoms with E-state index in [9.17, 15) is 9.59 Å². The zero-order chi connectivity index (χ0) is 21.3. The summed E-state index contributed by atoms with van der Waals surface area (Å²) in [6.07, 6.45) is 0. The fourth-order valence-corrected chi connectivity index (χ4v) is 3.49. The largest absolute Gasteiger partial charge is 0.366 e. The number of fused-ring (bicyclic) bond motifs is 1. The molecule has 0 fully saturated rings. The zero-order valence-corrected chi connectivity index (χ0v) is 16.8. The number of hydrogen-bond donors (Lipinski definition) is 3. The molecule has 2 aromatic heterocycles. The maximum absolute atomic E-state index is 12.5. The molecule has 0 bridgehead atoms. The lowest BCUT2D eigenvalue weighted by Gasteiger charge is -2.23. The smallest absolute Gasteiger partial charge is 0.248 e. The molecule has 7 heteroatoms. The van der Waals surface area contributed by atoms with Crippen LogP contribution in [0.2, 0.25) is 0 Å². The van der Waals surface area contributed by atoms with Crippen LogP contribution in [0, 0.1) is 0 Å². The van der Waals surface area contributed by atoms with Crippen molar-refractivity contribution in [2.75, 3.05) is 7.05 Å². The second kappa shape index (κ2) is 7.96. The summed E-state index contributed by atoms with van der Waals surface area (Å²) in [7, 11) is 1.99. The third-order valence-corrected chi connectivity index (χ3v) is 5.37. The summed E-state index contributed by atoms with van der Waals surface area (Å²) in [6.45, 7) is 2.63. The van der Waals surface area contributed by atoms with Crippen molar-refractivity contribution in [2.24, 2.45) is 5.73 Å². The minimum atomic E-state index is -0.552. The summed E-state index contributed by atoms with van der Waals surface area (Å²) in [4.78, 5) is 29.3. The first kappa shape index (κ1) is 19.6. The molecule has 152 valence electrons. The van der Waals surface area contributed by atoms with Gasteiger partial charge in [0, 0.05) is 46.4 Å². The van der Waals surface area contributed by atoms with Gasteiger partial charge in [0.1, 0.15) is 0 Å². The topological polar surface area (TPSA) is 108 Å². The molecule has 0 radical (unpaired) electrons. The Bertz CT molecular complexity index is 1260. The molecule has 0 aliphatic heterocycles. The number of carbonyl (C=O) groups excluding carboxylic acids is 1. The van der Waals surface area contributed by atoms with Crippen LogP contribution in [0.3, 0.4) is 0 Å². The lowest BCUT2D eigenvalue weighted by molar-refractivity contribution is 0.100. The fourth-order valence-electron chi connectivity index (χ4n) is 3.49. The summed E-state index contributed by atoms with van der Waals surface area (Å²) in [5.74, 6) is -0.552. The number of nitrogens with two attached hydrogens (primary N) is 1. The van der Waals surface area contributed by atoms with Crippen LogP contribution in [0.1, 0.15) is 34.7 Å². The highest BCUT2D eigenvalue weighted by atomic mass is 16.1. The number of carbonyl (C=O) groups is 1. The maximum atomic E-state index is 12.5. The van der Waals surface area contributed by atoms with Crippen molar-refractivity contribution >= 4 is 16.8 Å². The van der Waals surface area contributed by atoms with E-state index in [0.717, 1.165) is 22.6 Å². The van der Waals surface area contributed by atoms with E-state index in [-0.39, 0.29) is 11.5 Å². The SMILES string of the molecule is CC(c1cc(-c2ccccc2)n[nH]1)N(C)Cc1cc(=O)c2cc(C(N)=O)ccc2[nH]1. The average Bonchev–Trinajstić information content (AvgIpc) is 3.23. The molecule has 4 rings (SSSR count). The Morgan fingerprint density at radius 3 is 2.63 bits per heavy atom. The molecular formula is C23H23N5O2. The standard InChI is InChI=1S/C23H23N5O2/c1-14(20-12-21(27-26-20)15-6-4-3-5-7-15)28(2)13-17-11-22(29)18-10-16(23(24)30)8-9-19(18)25-17/h3-12,14H,13H2,1-2H3,(H2,24,30)(H,25,29)(H,26,27). The second-order valence-corrected chi connectivity index (χ2v) is 7.45. The molecule has 1 atom stereocenters. The molecule has 2 aromatic carbocycles. The van der Waals surface area contributed by atoms with Crippen LogP contribution >= 0.6 is 0 Å². The maximum Gasteiger partial charge on any atom is 0.248 e. The molecule has 0 saturated carbocycles. The molecule has 4 N–H and O–H groups in total. The monoisotopic (exact) mass is 401 g/mol. The highest BCUT2D eigenvalue weighted by Gasteiger charge is 2.16. The van der Waals surface area contributed by atoms with Crippen LogP contribution in [0.25, 0.3) is 22.2 Å². The molecule has 7 nitrogen and oxygen atoms in total. The molecule has 2 heterocycles. The van der Waals surface area contributed by atoms with E-state index >= 15 is 0 Å². The number of amides is 1. The number of aromatic nitrogens is 3. The Kier molecular flexibility index (Phi) is 5.20. The van der Waals surface area contributed by atoms with Gasteiger partial charge in [-0.05, 0) is 38.2 Å². The molecule has 4 aromatic rings. The summed E-state index contributed by atoms with van der Waals surface area (Å²) in [6, 6.07) is 18.5. The fraction of sp³-hybridized carbons (Fsp3) is 0.174. The van der Waals surface area contributed by atoms with Crippen molar-refractivity contribution < 1.29 is 4.79 Å². The van der Waals surface area contributed by atoms with Crippen LogP contribution in [-0.2, 0) is 6.54 Å². The number of H-pyrrole nitrogens is 2. The average molecular weight is 401 g/mol. The third-order valence-electron chi connectivity index (χ3n) is 5.37. The van der Waals surface area contributed by atoms with Crippen molar-refractivity contribution in [1.82, 2.24) is 20.1 Å². The van der Waals surface area contributed by atoms with E-state index in [0.29, 0.717) is 23.0 Å². The van der Waals surface area contributed by atoms with Gasteiger partial charge in [0.15, 0.2) is 5.43 Å². The predicted octanol–water partition coefficient (Wildman–Crippen LogP) is 3.21. The second-order valence-electron chi connectivity index (χ2n) is 7.45. The molecule has 0 saturated heterocycles. The number of pyridine rings is 1. The minimum Gasteiger partial charge on any atom is -0.366 e. The van der Waals surface area contributed by atoms with Crippen molar-refractivity contribution in [3.63, 3.8) is 0 Å². The molecule has 0 aliphatic carbocycles. The van der Waals surface area contributed by atoms with Crippen molar-refractivity contribution in [1.29, 1.82) is 0 Å². The summed E-state index contributed by atoms with van der Waals surface area (Å²) in [5, 5.41) is 8.00. The van der Waals surface area contributed by atoms with Gasteiger partial charge in [0.05, 0.1) is 11.4 Å². The van der Waals surface area contributed by atoms with Gasteiger partial charge in [-0.25, -0.2) is 0 Å². The van der Waals surface area contributed by atoms with E-state index < -0.39 is 5.91 Å². The van der Waals surface area contributed by atoms with Gasteiger partial charge in [-0.15, -0.1) is 0 Å². The number of hydrogen-bond acceptors (Lipinski definition) is 4. The summed E-state index contributed by atoms with van der Waals surface area (Å²) >= 11 is 0. The Labute approximate surface area is 173 Å². The molecule has 1 unspecified atom stereocenters. The Balaban J connectivity index is 1.54. The van der Waals surface area contributed by atoms with Gasteiger partial charge < -0.3 is 10.7 Å². The van der Waals surface area contributed by atoms with Crippen LogP contribution in [0.5, 0.6) is 0 Å². The molecule has 0 spiro atoms. The Hall–Kier alpha value is -3.71. The number of aromatic amines is 2. The van der Waals surface area contributed by atoms with E-state index in [1.807, 2.05) is 43.4 Å². The van der Waals surface area contributed by atoms with Gasteiger partial charge in [0.25, 0.3) is 0 Å². The summed E-state index contributed by atoms with van der Waals surface area (Å²) in [5.41, 5.74) is 9.90. The predicted molar refractivity (Wildman–Crippen MR) is 117 cm³/mol. The normalized spacial score (nSPS) is 12.4. The Morgan fingerprint density at radius 2 is 1.90 bits per heavy atom. The first-order valence-corrected chi connectivity index (χ1v) is 9.69. The molecule has 30 heavy (non-hydrogen) atoms. The number of benzene rings is 2. The van der Waals surface area contributed by atoms with Crippen molar-refractivity contribution in [2.45, 2.75) is 19.5 Å². The van der Waals surface area contributed by atoms with Crippen molar-refractivity contribution in [3.8, 4) is 11.3 Å².